The van der Waals surface area contributed by atoms with Crippen LogP contribution in [0.25, 0.3) is 32.2 Å². The lowest BCUT2D eigenvalue weighted by molar-refractivity contribution is 0.622. The third-order valence-corrected chi connectivity index (χ3v) is 5.72. The molecule has 3 N–H and O–H groups in total. The fourth-order valence-corrected chi connectivity index (χ4v) is 4.15. The van der Waals surface area contributed by atoms with Gasteiger partial charge in [0.05, 0.1) is 21.9 Å². The minimum atomic E-state index is 0.299. The molecule has 6 rings (SSSR count). The van der Waals surface area contributed by atoms with Gasteiger partial charge in [0.1, 0.15) is 5.52 Å². The van der Waals surface area contributed by atoms with E-state index in [0.717, 1.165) is 26.8 Å². The molecule has 2 aromatic carbocycles. The maximum Gasteiger partial charge on any atom is 0.302 e. The molecule has 0 saturated heterocycles. The molecule has 0 spiro atoms. The Kier molecular flexibility index (Phi) is 3.83. The molecule has 0 aliphatic heterocycles. The van der Waals surface area contributed by atoms with Crippen LogP contribution in [-0.2, 0) is 0 Å². The number of thiophene rings is 1. The van der Waals surface area contributed by atoms with Crippen molar-refractivity contribution in [2.45, 2.75) is 0 Å². The van der Waals surface area contributed by atoms with Crippen LogP contribution in [0.1, 0.15) is 0 Å². The van der Waals surface area contributed by atoms with Gasteiger partial charge in [-0.1, -0.05) is 11.6 Å². The van der Waals surface area contributed by atoms with Crippen molar-refractivity contribution in [2.75, 3.05) is 10.6 Å². The van der Waals surface area contributed by atoms with Gasteiger partial charge in [0.15, 0.2) is 11.4 Å². The van der Waals surface area contributed by atoms with Gasteiger partial charge in [0.25, 0.3) is 0 Å². The van der Waals surface area contributed by atoms with E-state index in [4.69, 9.17) is 16.0 Å². The summed E-state index contributed by atoms with van der Waals surface area (Å²) in [5.41, 5.74) is 3.99. The second-order valence-corrected chi connectivity index (χ2v) is 7.94. The standard InChI is InChI=1S/C20H12ClN7OS/c21-11-1-4-16-15(8-11)25-20(29-16)27-19-24-14-5-6-30-17(14)18(26-19)23-12-2-3-13-10(7-12)9-22-28-13/h1-9H,(H,22,28)(H2,23,24,25,26,27). The highest BCUT2D eigenvalue weighted by Gasteiger charge is 2.13. The first-order chi connectivity index (χ1) is 14.7. The van der Waals surface area contributed by atoms with E-state index in [2.05, 4.69) is 35.8 Å². The summed E-state index contributed by atoms with van der Waals surface area (Å²) in [6.07, 6.45) is 1.79. The van der Waals surface area contributed by atoms with Crippen molar-refractivity contribution < 1.29 is 4.42 Å². The van der Waals surface area contributed by atoms with Gasteiger partial charge in [0.2, 0.25) is 5.95 Å². The van der Waals surface area contributed by atoms with Crippen LogP contribution in [-0.4, -0.2) is 25.1 Å². The van der Waals surface area contributed by atoms with Gasteiger partial charge in [-0.3, -0.25) is 10.4 Å². The SMILES string of the molecule is Clc1ccc2oc(Nc3nc(Nc4ccc5[nH]ncc5c4)c4sccc4n3)nc2c1. The van der Waals surface area contributed by atoms with E-state index >= 15 is 0 Å². The van der Waals surface area contributed by atoms with Crippen LogP contribution in [0.5, 0.6) is 0 Å². The highest BCUT2D eigenvalue weighted by Crippen LogP contribution is 2.31. The van der Waals surface area contributed by atoms with Crippen molar-refractivity contribution in [1.29, 1.82) is 0 Å². The molecule has 0 saturated carbocycles. The predicted molar refractivity (Wildman–Crippen MR) is 119 cm³/mol. The summed E-state index contributed by atoms with van der Waals surface area (Å²) in [6.45, 7) is 0. The largest absolute Gasteiger partial charge is 0.423 e. The molecule has 0 bridgehead atoms. The van der Waals surface area contributed by atoms with Crippen LogP contribution in [0, 0.1) is 0 Å². The smallest absolute Gasteiger partial charge is 0.302 e. The summed E-state index contributed by atoms with van der Waals surface area (Å²) in [6, 6.07) is 13.5. The van der Waals surface area contributed by atoms with Crippen LogP contribution in [0.15, 0.2) is 58.5 Å². The normalized spacial score (nSPS) is 11.5. The third-order valence-electron chi connectivity index (χ3n) is 4.57. The molecule has 4 heterocycles. The zero-order valence-electron chi connectivity index (χ0n) is 15.2. The fraction of sp³-hybridized carbons (Fsp3) is 0. The molecule has 8 nitrogen and oxygen atoms in total. The molecule has 10 heteroatoms. The van der Waals surface area contributed by atoms with Gasteiger partial charge < -0.3 is 9.73 Å². The first-order valence-electron chi connectivity index (χ1n) is 9.00. The monoisotopic (exact) mass is 433 g/mol. The molecule has 0 radical (unpaired) electrons. The van der Waals surface area contributed by atoms with E-state index in [1.807, 2.05) is 29.6 Å². The molecule has 0 atom stereocenters. The average molecular weight is 434 g/mol. The number of rotatable bonds is 4. The first kappa shape index (κ1) is 17.2. The van der Waals surface area contributed by atoms with Crippen molar-refractivity contribution in [2.24, 2.45) is 0 Å². The summed E-state index contributed by atoms with van der Waals surface area (Å²) in [5, 5.41) is 17.0. The second-order valence-electron chi connectivity index (χ2n) is 6.58. The van der Waals surface area contributed by atoms with E-state index < -0.39 is 0 Å². The number of halogens is 1. The molecular weight excluding hydrogens is 422 g/mol. The predicted octanol–water partition coefficient (Wildman–Crippen LogP) is 5.85. The number of aromatic amines is 1. The van der Waals surface area contributed by atoms with Gasteiger partial charge in [-0.15, -0.1) is 11.3 Å². The number of fused-ring (bicyclic) bond motifs is 3. The van der Waals surface area contributed by atoms with E-state index in [1.54, 1.807) is 35.7 Å². The number of nitrogens with one attached hydrogen (secondary N) is 3. The first-order valence-corrected chi connectivity index (χ1v) is 10.3. The Bertz CT molecular complexity index is 1540. The molecular formula is C20H12ClN7OS. The van der Waals surface area contributed by atoms with Crippen molar-refractivity contribution in [3.05, 3.63) is 59.1 Å². The Balaban J connectivity index is 1.37. The molecule has 4 aromatic heterocycles. The molecule has 146 valence electrons. The summed E-state index contributed by atoms with van der Waals surface area (Å²) < 4.78 is 6.68. The second kappa shape index (κ2) is 6.68. The van der Waals surface area contributed by atoms with Crippen molar-refractivity contribution >= 4 is 78.6 Å². The zero-order valence-corrected chi connectivity index (χ0v) is 16.8. The van der Waals surface area contributed by atoms with Gasteiger partial charge in [0, 0.05) is 16.1 Å². The van der Waals surface area contributed by atoms with E-state index in [9.17, 15) is 0 Å². The summed E-state index contributed by atoms with van der Waals surface area (Å²) >= 11 is 7.60. The minimum absolute atomic E-state index is 0.299. The van der Waals surface area contributed by atoms with Gasteiger partial charge in [-0.25, -0.2) is 4.98 Å². The number of anilines is 4. The lowest BCUT2D eigenvalue weighted by atomic mass is 10.2. The van der Waals surface area contributed by atoms with Crippen LogP contribution in [0.4, 0.5) is 23.5 Å². The molecule has 0 fully saturated rings. The third kappa shape index (κ3) is 3.00. The van der Waals surface area contributed by atoms with Crippen LogP contribution in [0.3, 0.4) is 0 Å². The average Bonchev–Trinajstić information content (AvgIpc) is 3.46. The Morgan fingerprint density at radius 3 is 2.90 bits per heavy atom. The topological polar surface area (TPSA) is 105 Å². The zero-order chi connectivity index (χ0) is 20.1. The Hall–Kier alpha value is -3.69. The van der Waals surface area contributed by atoms with Gasteiger partial charge in [-0.05, 0) is 47.8 Å². The van der Waals surface area contributed by atoms with Gasteiger partial charge in [-0.2, -0.15) is 15.1 Å². The van der Waals surface area contributed by atoms with E-state index in [0.29, 0.717) is 33.9 Å². The maximum atomic E-state index is 6.03. The molecule has 0 amide bonds. The maximum absolute atomic E-state index is 6.03. The molecule has 0 unspecified atom stereocenters. The van der Waals surface area contributed by atoms with Crippen molar-refractivity contribution in [3.63, 3.8) is 0 Å². The number of benzene rings is 2. The molecule has 6 aromatic rings. The number of hydrogen-bond acceptors (Lipinski definition) is 8. The molecule has 0 aliphatic carbocycles. The van der Waals surface area contributed by atoms with Crippen molar-refractivity contribution in [1.82, 2.24) is 25.1 Å². The van der Waals surface area contributed by atoms with Gasteiger partial charge >= 0.3 is 6.01 Å². The fourth-order valence-electron chi connectivity index (χ4n) is 3.21. The number of H-pyrrole nitrogens is 1. The summed E-state index contributed by atoms with van der Waals surface area (Å²) in [4.78, 5) is 13.6. The van der Waals surface area contributed by atoms with Crippen LogP contribution >= 0.6 is 22.9 Å². The lowest BCUT2D eigenvalue weighted by Gasteiger charge is -2.09. The summed E-state index contributed by atoms with van der Waals surface area (Å²) in [5.74, 6) is 1.07. The van der Waals surface area contributed by atoms with Crippen molar-refractivity contribution in [3.8, 4) is 0 Å². The number of aromatic nitrogens is 5. The van der Waals surface area contributed by atoms with E-state index in [-0.39, 0.29) is 0 Å². The highest BCUT2D eigenvalue weighted by molar-refractivity contribution is 7.17. The summed E-state index contributed by atoms with van der Waals surface area (Å²) in [7, 11) is 0. The lowest BCUT2D eigenvalue weighted by Crippen LogP contribution is -2.01. The Morgan fingerprint density at radius 2 is 1.93 bits per heavy atom. The Morgan fingerprint density at radius 1 is 0.967 bits per heavy atom. The quantitative estimate of drug-likeness (QED) is 0.320. The van der Waals surface area contributed by atoms with E-state index in [1.165, 1.54) is 0 Å². The molecule has 30 heavy (non-hydrogen) atoms. The minimum Gasteiger partial charge on any atom is -0.423 e. The number of hydrogen-bond donors (Lipinski definition) is 3. The Labute approximate surface area is 177 Å². The number of oxazole rings is 1. The number of nitrogens with zero attached hydrogens (tertiary/aromatic N) is 4. The molecule has 0 aliphatic rings. The van der Waals surface area contributed by atoms with Crippen LogP contribution in [0.2, 0.25) is 5.02 Å². The van der Waals surface area contributed by atoms with Crippen LogP contribution < -0.4 is 10.6 Å². The highest BCUT2D eigenvalue weighted by atomic mass is 35.5.